The average molecular weight is 367 g/mol. The third-order valence-corrected chi connectivity index (χ3v) is 0. The Hall–Kier alpha value is 2.77. The predicted octanol–water partition coefficient (Wildman–Crippen LogP) is -2.64. The second-order valence-electron chi connectivity index (χ2n) is 0. The third-order valence-electron chi connectivity index (χ3n) is 0. The molecule has 0 radical (unpaired) electrons. The van der Waals surface area contributed by atoms with E-state index in [1.165, 1.54) is 0 Å². The molecule has 0 saturated carbocycles. The summed E-state index contributed by atoms with van der Waals surface area (Å²) in [7, 11) is 3.65. The molecule has 0 rings (SSSR count). The molecule has 0 aromatic carbocycles. The summed E-state index contributed by atoms with van der Waals surface area (Å²) in [4.78, 5) is 0. The summed E-state index contributed by atoms with van der Waals surface area (Å²) in [6.45, 7) is 0. The number of hydrogen-bond donors (Lipinski definition) is 0. The van der Waals surface area contributed by atoms with Crippen molar-refractivity contribution < 1.29 is 14.4 Å². The zero-order valence-corrected chi connectivity index (χ0v) is 5.07. The van der Waals surface area contributed by atoms with Gasteiger partial charge in [-0.1, -0.05) is 0 Å². The van der Waals surface area contributed by atoms with Crippen LogP contribution in [0, 0.1) is 0 Å². The maximum atomic E-state index is 3.77. The van der Waals surface area contributed by atoms with E-state index >= 15 is 0 Å². The molecule has 0 aromatic rings. The Balaban J connectivity index is -0.00000000167. The quantitative estimate of drug-likeness (QED) is 0.422. The van der Waals surface area contributed by atoms with Crippen LogP contribution in [-0.4, -0.2) is 62.7 Å². The van der Waals surface area contributed by atoms with Crippen LogP contribution in [0.3, 0.4) is 0 Å². The molecule has 0 amide bonds. The molecule has 0 aromatic heterocycles. The fourth-order valence-electron chi connectivity index (χ4n) is 0. The van der Waals surface area contributed by atoms with Crippen molar-refractivity contribution in [2.24, 2.45) is 0 Å². The molecular weight excluding hydrogens is 359 g/mol. The molecule has 0 heterocycles. The second-order valence-corrected chi connectivity index (χ2v) is 0. The molecule has 5 heavy (non-hydrogen) atoms. The predicted molar refractivity (Wildman–Crippen MR) is 36.0 cm³/mol. The van der Waals surface area contributed by atoms with Crippen molar-refractivity contribution in [1.82, 2.24) is 0 Å². The SMILES string of the molecule is [GaH3].[InH3].[S]=[Cu].[SeH2]. The van der Waals surface area contributed by atoms with Gasteiger partial charge in [0.25, 0.3) is 0 Å². The molecular formula is H8CuGaInSSe. The number of rotatable bonds is 0. The fourth-order valence-corrected chi connectivity index (χ4v) is 0. The van der Waals surface area contributed by atoms with Crippen molar-refractivity contribution in [2.45, 2.75) is 0 Å². The molecule has 5 heteroatoms. The number of hydrogen-bond acceptors (Lipinski definition) is 1. The monoisotopic (exact) mass is 367 g/mol. The van der Waals surface area contributed by atoms with Gasteiger partial charge in [-0.2, -0.15) is 0 Å². The van der Waals surface area contributed by atoms with Crippen LogP contribution in [-0.2, 0) is 14.4 Å². The third kappa shape index (κ3) is 20.1. The molecule has 0 aliphatic heterocycles. The van der Waals surface area contributed by atoms with Crippen LogP contribution in [0.2, 0.25) is 0 Å². The average Bonchev–Trinajstić information content (AvgIpc) is 1.00. The van der Waals surface area contributed by atoms with Crippen molar-refractivity contribution in [3.8, 4) is 0 Å². The van der Waals surface area contributed by atoms with E-state index in [1.54, 1.807) is 0 Å². The van der Waals surface area contributed by atoms with Crippen LogP contribution in [0.4, 0.5) is 0 Å². The van der Waals surface area contributed by atoms with Crippen LogP contribution in [0.5, 0.6) is 0 Å². The first kappa shape index (κ1) is 25.1. The van der Waals surface area contributed by atoms with E-state index in [0.29, 0.717) is 0 Å². The zero-order chi connectivity index (χ0) is 2.00. The van der Waals surface area contributed by atoms with Gasteiger partial charge in [-0.3, -0.25) is 0 Å². The van der Waals surface area contributed by atoms with Gasteiger partial charge < -0.3 is 0 Å². The Labute approximate surface area is 86.2 Å². The molecule has 0 aliphatic rings. The van der Waals surface area contributed by atoms with Crippen LogP contribution < -0.4 is 0 Å². The standard InChI is InChI=1S/Cu.Ga.In.S.H2Se.6H/h;;;;1H2;;;;;;. The normalized spacial score (nSPS) is 1.20. The van der Waals surface area contributed by atoms with Crippen molar-refractivity contribution in [2.75, 3.05) is 0 Å². The summed E-state index contributed by atoms with van der Waals surface area (Å²) in [6.07, 6.45) is 0. The van der Waals surface area contributed by atoms with Gasteiger partial charge in [0.1, 0.15) is 0 Å². The van der Waals surface area contributed by atoms with Crippen LogP contribution in [0.25, 0.3) is 0 Å². The molecule has 0 N–H and O–H groups in total. The van der Waals surface area contributed by atoms with Crippen molar-refractivity contribution >= 4 is 73.3 Å². The van der Waals surface area contributed by atoms with Gasteiger partial charge in [-0.05, 0) is 0 Å². The molecule has 0 saturated heterocycles. The zero-order valence-electron chi connectivity index (χ0n) is 1.21. The Kier molecular flexibility index (Phi) is 147. The second kappa shape index (κ2) is 29.4. The molecule has 0 unspecified atom stereocenters. The molecule has 0 fully saturated rings. The molecule has 37 valence electrons. The molecule has 0 atom stereocenters. The summed E-state index contributed by atoms with van der Waals surface area (Å²) < 4.78 is 0. The van der Waals surface area contributed by atoms with Gasteiger partial charge in [0, 0.05) is 0 Å². The van der Waals surface area contributed by atoms with Crippen molar-refractivity contribution in [3.63, 3.8) is 0 Å². The van der Waals surface area contributed by atoms with Gasteiger partial charge in [0.15, 0.2) is 0 Å². The van der Waals surface area contributed by atoms with Gasteiger partial charge in [0.2, 0.25) is 0 Å². The molecule has 0 nitrogen and oxygen atoms in total. The first-order chi connectivity index (χ1) is 1.00. The minimum atomic E-state index is 0. The van der Waals surface area contributed by atoms with Gasteiger partial charge in [-0.25, -0.2) is 0 Å². The Bertz CT molecular complexity index is 11.6. The first-order valence-corrected chi connectivity index (χ1v) is 1.52. The van der Waals surface area contributed by atoms with Crippen LogP contribution in [0.1, 0.15) is 0 Å². The first-order valence-electron chi connectivity index (χ1n) is 0.123. The van der Waals surface area contributed by atoms with E-state index in [4.69, 9.17) is 0 Å². The topological polar surface area (TPSA) is 0 Å². The Morgan fingerprint density at radius 1 is 1.20 bits per heavy atom. The van der Waals surface area contributed by atoms with E-state index in [1.807, 2.05) is 0 Å². The van der Waals surface area contributed by atoms with E-state index in [2.05, 4.69) is 24.9 Å². The van der Waals surface area contributed by atoms with Crippen LogP contribution in [0.15, 0.2) is 0 Å². The van der Waals surface area contributed by atoms with Gasteiger partial charge in [0.05, 0.1) is 0 Å². The summed E-state index contributed by atoms with van der Waals surface area (Å²) in [5, 5.41) is 0. The fraction of sp³-hybridized carbons (Fsp3) is 0. The van der Waals surface area contributed by atoms with Crippen molar-refractivity contribution in [3.05, 3.63) is 0 Å². The summed E-state index contributed by atoms with van der Waals surface area (Å²) >= 11 is 3.77. The van der Waals surface area contributed by atoms with E-state index < -0.39 is 0 Å². The molecule has 0 bridgehead atoms. The van der Waals surface area contributed by atoms with E-state index in [9.17, 15) is 0 Å². The van der Waals surface area contributed by atoms with Gasteiger partial charge >= 0.3 is 87.6 Å². The van der Waals surface area contributed by atoms with Crippen LogP contribution >= 0.6 is 10.6 Å². The maximum absolute atomic E-state index is 3.77. The molecule has 0 spiro atoms. The minimum absolute atomic E-state index is 0. The summed E-state index contributed by atoms with van der Waals surface area (Å²) in [6, 6.07) is 0. The Morgan fingerprint density at radius 3 is 1.20 bits per heavy atom. The van der Waals surface area contributed by atoms with E-state index in [0.717, 1.165) is 0 Å². The van der Waals surface area contributed by atoms with Gasteiger partial charge in [-0.15, -0.1) is 0 Å². The summed E-state index contributed by atoms with van der Waals surface area (Å²) in [5.74, 6) is 0. The molecule has 0 aliphatic carbocycles. The summed E-state index contributed by atoms with van der Waals surface area (Å²) in [5.41, 5.74) is 0. The van der Waals surface area contributed by atoms with Crippen molar-refractivity contribution in [1.29, 1.82) is 0 Å². The Morgan fingerprint density at radius 2 is 1.20 bits per heavy atom. The van der Waals surface area contributed by atoms with E-state index in [-0.39, 0.29) is 62.7 Å².